The van der Waals surface area contributed by atoms with Crippen molar-refractivity contribution in [1.82, 2.24) is 0 Å². The summed E-state index contributed by atoms with van der Waals surface area (Å²) in [6.07, 6.45) is 2.76. The lowest BCUT2D eigenvalue weighted by molar-refractivity contribution is 1.07. The van der Waals surface area contributed by atoms with Crippen LogP contribution in [0.25, 0.3) is 0 Å². The number of benzene rings is 1. The number of nitrogens with zero attached hydrogens (tertiary/aromatic N) is 1. The quantitative estimate of drug-likeness (QED) is 0.579. The molecule has 0 atom stereocenters. The predicted octanol–water partition coefficient (Wildman–Crippen LogP) is 2.85. The molecule has 1 rings (SSSR count). The highest BCUT2D eigenvalue weighted by Crippen LogP contribution is 2.16. The number of anilines is 1. The van der Waals surface area contributed by atoms with E-state index in [1.54, 1.807) is 0 Å². The van der Waals surface area contributed by atoms with Crippen LogP contribution in [-0.2, 0) is 0 Å². The van der Waals surface area contributed by atoms with Gasteiger partial charge < -0.3 is 5.32 Å². The number of rotatable bonds is 4. The molecule has 0 aliphatic heterocycles. The summed E-state index contributed by atoms with van der Waals surface area (Å²) < 4.78 is 0. The van der Waals surface area contributed by atoms with E-state index in [0.717, 1.165) is 24.2 Å². The van der Waals surface area contributed by atoms with Crippen LogP contribution in [0.5, 0.6) is 0 Å². The lowest BCUT2D eigenvalue weighted by Crippen LogP contribution is -2.02. The highest BCUT2D eigenvalue weighted by atomic mass is 14.9. The minimum atomic E-state index is 0.694. The van der Waals surface area contributed by atoms with Crippen molar-refractivity contribution in [3.8, 4) is 6.07 Å². The first kappa shape index (κ1) is 10.3. The molecule has 1 N–H and O–H groups in total. The fourth-order valence-corrected chi connectivity index (χ4v) is 1.21. The lowest BCUT2D eigenvalue weighted by atomic mass is 10.1. The Bertz CT molecular complexity index is 361. The Morgan fingerprint density at radius 2 is 2.36 bits per heavy atom. The van der Waals surface area contributed by atoms with Crippen LogP contribution >= 0.6 is 0 Å². The molecule has 1 aromatic carbocycles. The molecule has 1 aromatic rings. The lowest BCUT2D eigenvalue weighted by Gasteiger charge is -2.07. The van der Waals surface area contributed by atoms with Crippen LogP contribution in [0.15, 0.2) is 30.9 Å². The molecular weight excluding hydrogens is 172 g/mol. The Kier molecular flexibility index (Phi) is 3.75. The predicted molar refractivity (Wildman–Crippen MR) is 59.2 cm³/mol. The molecule has 0 fully saturated rings. The number of nitriles is 1. The van der Waals surface area contributed by atoms with Gasteiger partial charge in [-0.1, -0.05) is 12.1 Å². The van der Waals surface area contributed by atoms with Gasteiger partial charge >= 0.3 is 0 Å². The molecule has 0 bridgehead atoms. The summed E-state index contributed by atoms with van der Waals surface area (Å²) in [5, 5.41) is 12.1. The van der Waals surface area contributed by atoms with Gasteiger partial charge in [0.1, 0.15) is 6.07 Å². The molecule has 14 heavy (non-hydrogen) atoms. The smallest absolute Gasteiger partial charge is 0.101 e. The molecule has 2 nitrogen and oxygen atoms in total. The van der Waals surface area contributed by atoms with E-state index >= 15 is 0 Å². The maximum atomic E-state index is 8.86. The van der Waals surface area contributed by atoms with E-state index in [1.165, 1.54) is 0 Å². The summed E-state index contributed by atoms with van der Waals surface area (Å²) in [6, 6.07) is 7.93. The summed E-state index contributed by atoms with van der Waals surface area (Å²) in [5.74, 6) is 0. The third kappa shape index (κ3) is 2.63. The van der Waals surface area contributed by atoms with Gasteiger partial charge in [-0.15, -0.1) is 6.58 Å². The van der Waals surface area contributed by atoms with E-state index < -0.39 is 0 Å². The van der Waals surface area contributed by atoms with Crippen LogP contribution in [0, 0.1) is 18.3 Å². The van der Waals surface area contributed by atoms with Gasteiger partial charge in [-0.25, -0.2) is 0 Å². The largest absolute Gasteiger partial charge is 0.384 e. The van der Waals surface area contributed by atoms with Crippen molar-refractivity contribution in [3.05, 3.63) is 42.0 Å². The second-order valence-corrected chi connectivity index (χ2v) is 3.16. The van der Waals surface area contributed by atoms with Crippen molar-refractivity contribution >= 4 is 5.69 Å². The summed E-state index contributed by atoms with van der Waals surface area (Å²) in [4.78, 5) is 0. The minimum absolute atomic E-state index is 0.694. The van der Waals surface area contributed by atoms with Gasteiger partial charge in [0.05, 0.1) is 11.3 Å². The summed E-state index contributed by atoms with van der Waals surface area (Å²) in [7, 11) is 0. The van der Waals surface area contributed by atoms with Crippen molar-refractivity contribution in [2.75, 3.05) is 11.9 Å². The topological polar surface area (TPSA) is 35.8 Å². The van der Waals surface area contributed by atoms with Crippen LogP contribution < -0.4 is 5.32 Å². The SMILES string of the molecule is C=CCCNc1cc(C)ccc1C#N. The first-order chi connectivity index (χ1) is 6.77. The van der Waals surface area contributed by atoms with Gasteiger partial charge in [0.2, 0.25) is 0 Å². The molecule has 0 aliphatic carbocycles. The van der Waals surface area contributed by atoms with E-state index in [2.05, 4.69) is 18.0 Å². The van der Waals surface area contributed by atoms with E-state index in [4.69, 9.17) is 5.26 Å². The first-order valence-corrected chi connectivity index (χ1v) is 4.63. The van der Waals surface area contributed by atoms with Crippen LogP contribution in [0.2, 0.25) is 0 Å². The van der Waals surface area contributed by atoms with Crippen LogP contribution in [-0.4, -0.2) is 6.54 Å². The van der Waals surface area contributed by atoms with Crippen LogP contribution in [0.1, 0.15) is 17.5 Å². The second-order valence-electron chi connectivity index (χ2n) is 3.16. The molecule has 0 unspecified atom stereocenters. The molecule has 0 radical (unpaired) electrons. The Balaban J connectivity index is 2.78. The molecule has 0 spiro atoms. The highest BCUT2D eigenvalue weighted by molar-refractivity contribution is 5.58. The standard InChI is InChI=1S/C12H14N2/c1-3-4-7-14-12-8-10(2)5-6-11(12)9-13/h3,5-6,8,14H,1,4,7H2,2H3. The molecule has 72 valence electrons. The first-order valence-electron chi connectivity index (χ1n) is 4.63. The maximum absolute atomic E-state index is 8.86. The zero-order valence-electron chi connectivity index (χ0n) is 8.38. The average molecular weight is 186 g/mol. The molecule has 0 heterocycles. The Morgan fingerprint density at radius 3 is 3.00 bits per heavy atom. The third-order valence-corrected chi connectivity index (χ3v) is 1.96. The zero-order chi connectivity index (χ0) is 10.4. The van der Waals surface area contributed by atoms with E-state index in [-0.39, 0.29) is 0 Å². The van der Waals surface area contributed by atoms with Crippen molar-refractivity contribution in [2.24, 2.45) is 0 Å². The van der Waals surface area contributed by atoms with Crippen molar-refractivity contribution in [2.45, 2.75) is 13.3 Å². The molecule has 0 saturated heterocycles. The Labute approximate surface area is 84.9 Å². The van der Waals surface area contributed by atoms with Gasteiger partial charge in [0.15, 0.2) is 0 Å². The van der Waals surface area contributed by atoms with E-state index in [1.807, 2.05) is 31.2 Å². The summed E-state index contributed by atoms with van der Waals surface area (Å²) >= 11 is 0. The Morgan fingerprint density at radius 1 is 1.57 bits per heavy atom. The Hall–Kier alpha value is -1.75. The summed E-state index contributed by atoms with van der Waals surface area (Å²) in [5.41, 5.74) is 2.76. The van der Waals surface area contributed by atoms with Crippen molar-refractivity contribution in [3.63, 3.8) is 0 Å². The van der Waals surface area contributed by atoms with E-state index in [9.17, 15) is 0 Å². The average Bonchev–Trinajstić information content (AvgIpc) is 2.19. The van der Waals surface area contributed by atoms with E-state index in [0.29, 0.717) is 5.56 Å². The second kappa shape index (κ2) is 5.08. The van der Waals surface area contributed by atoms with Crippen LogP contribution in [0.4, 0.5) is 5.69 Å². The number of hydrogen-bond donors (Lipinski definition) is 1. The number of nitrogens with one attached hydrogen (secondary N) is 1. The van der Waals surface area contributed by atoms with Gasteiger partial charge in [-0.05, 0) is 31.0 Å². The molecular formula is C12H14N2. The van der Waals surface area contributed by atoms with Crippen LogP contribution in [0.3, 0.4) is 0 Å². The fourth-order valence-electron chi connectivity index (χ4n) is 1.21. The number of hydrogen-bond acceptors (Lipinski definition) is 2. The normalized spacial score (nSPS) is 9.14. The highest BCUT2D eigenvalue weighted by Gasteiger charge is 1.99. The molecule has 2 heteroatoms. The summed E-state index contributed by atoms with van der Waals surface area (Å²) in [6.45, 7) is 6.48. The monoisotopic (exact) mass is 186 g/mol. The van der Waals surface area contributed by atoms with Crippen molar-refractivity contribution in [1.29, 1.82) is 5.26 Å². The zero-order valence-corrected chi connectivity index (χ0v) is 8.38. The van der Waals surface area contributed by atoms with Gasteiger partial charge in [0.25, 0.3) is 0 Å². The fraction of sp³-hybridized carbons (Fsp3) is 0.250. The minimum Gasteiger partial charge on any atom is -0.384 e. The molecule has 0 aromatic heterocycles. The maximum Gasteiger partial charge on any atom is 0.101 e. The van der Waals surface area contributed by atoms with Gasteiger partial charge in [0, 0.05) is 6.54 Å². The molecule has 0 amide bonds. The molecule has 0 aliphatic rings. The molecule has 0 saturated carbocycles. The third-order valence-electron chi connectivity index (χ3n) is 1.96. The van der Waals surface area contributed by atoms with Crippen molar-refractivity contribution < 1.29 is 0 Å². The van der Waals surface area contributed by atoms with Gasteiger partial charge in [-0.3, -0.25) is 0 Å². The number of aryl methyl sites for hydroxylation is 1. The van der Waals surface area contributed by atoms with Gasteiger partial charge in [-0.2, -0.15) is 5.26 Å².